The lowest BCUT2D eigenvalue weighted by Gasteiger charge is -2.15. The van der Waals surface area contributed by atoms with E-state index < -0.39 is 0 Å². The molecule has 1 N–H and O–H groups in total. The maximum Gasteiger partial charge on any atom is 0.226 e. The average Bonchev–Trinajstić information content (AvgIpc) is 2.73. The zero-order valence-electron chi connectivity index (χ0n) is 12.8. The highest BCUT2D eigenvalue weighted by Gasteiger charge is 2.15. The summed E-state index contributed by atoms with van der Waals surface area (Å²) in [6, 6.07) is 10.7. The van der Waals surface area contributed by atoms with Crippen molar-refractivity contribution in [1.82, 2.24) is 10.3 Å². The Hall–Kier alpha value is -1.61. The molecule has 0 spiro atoms. The number of hydrogen-bond acceptors (Lipinski definition) is 3. The maximum atomic E-state index is 5.81. The number of aromatic nitrogens is 1. The van der Waals surface area contributed by atoms with Gasteiger partial charge in [0, 0.05) is 18.2 Å². The van der Waals surface area contributed by atoms with Gasteiger partial charge in [-0.05, 0) is 31.9 Å². The van der Waals surface area contributed by atoms with E-state index in [9.17, 15) is 0 Å². The molecule has 1 aliphatic rings. The van der Waals surface area contributed by atoms with Gasteiger partial charge in [0.1, 0.15) is 5.76 Å². The van der Waals surface area contributed by atoms with E-state index in [2.05, 4.69) is 10.3 Å². The number of oxazole rings is 1. The smallest absolute Gasteiger partial charge is 0.226 e. The van der Waals surface area contributed by atoms with Gasteiger partial charge in [0.05, 0.1) is 5.69 Å². The number of nitrogens with one attached hydrogen (secondary N) is 1. The second-order valence-corrected chi connectivity index (χ2v) is 5.96. The van der Waals surface area contributed by atoms with Gasteiger partial charge in [-0.15, -0.1) is 0 Å². The second-order valence-electron chi connectivity index (χ2n) is 5.96. The van der Waals surface area contributed by atoms with Crippen LogP contribution in [0.2, 0.25) is 0 Å². The van der Waals surface area contributed by atoms with E-state index in [0.717, 1.165) is 29.5 Å². The third-order valence-electron chi connectivity index (χ3n) is 4.33. The summed E-state index contributed by atoms with van der Waals surface area (Å²) in [7, 11) is 0. The van der Waals surface area contributed by atoms with Gasteiger partial charge in [0.15, 0.2) is 0 Å². The summed E-state index contributed by atoms with van der Waals surface area (Å²) in [5.41, 5.74) is 2.08. The minimum absolute atomic E-state index is 0.642. The molecule has 0 atom stereocenters. The molecule has 3 rings (SSSR count). The molecule has 3 heteroatoms. The zero-order chi connectivity index (χ0) is 14.5. The van der Waals surface area contributed by atoms with E-state index in [0.29, 0.717) is 6.04 Å². The van der Waals surface area contributed by atoms with Crippen LogP contribution in [0.3, 0.4) is 0 Å². The molecule has 1 saturated carbocycles. The van der Waals surface area contributed by atoms with Gasteiger partial charge in [-0.3, -0.25) is 0 Å². The lowest BCUT2D eigenvalue weighted by molar-refractivity contribution is 0.453. The summed E-state index contributed by atoms with van der Waals surface area (Å²) in [5.74, 6) is 1.65. The molecular formula is C18H24N2O. The first-order valence-corrected chi connectivity index (χ1v) is 8.08. The molecule has 0 bridgehead atoms. The summed E-state index contributed by atoms with van der Waals surface area (Å²) < 4.78 is 5.81. The van der Waals surface area contributed by atoms with Crippen molar-refractivity contribution in [1.29, 1.82) is 0 Å². The first-order chi connectivity index (χ1) is 10.3. The van der Waals surface area contributed by atoms with E-state index in [-0.39, 0.29) is 0 Å². The highest BCUT2D eigenvalue weighted by molar-refractivity contribution is 5.53. The Morgan fingerprint density at radius 2 is 1.81 bits per heavy atom. The third-order valence-corrected chi connectivity index (χ3v) is 4.33. The highest BCUT2D eigenvalue weighted by Crippen LogP contribution is 2.22. The van der Waals surface area contributed by atoms with Gasteiger partial charge in [0.2, 0.25) is 5.89 Å². The number of benzene rings is 1. The summed E-state index contributed by atoms with van der Waals surface area (Å²) >= 11 is 0. The van der Waals surface area contributed by atoms with Crippen LogP contribution in [0.25, 0.3) is 11.5 Å². The fourth-order valence-electron chi connectivity index (χ4n) is 3.02. The molecule has 0 saturated heterocycles. The summed E-state index contributed by atoms with van der Waals surface area (Å²) in [5, 5.41) is 3.66. The highest BCUT2D eigenvalue weighted by atomic mass is 16.4. The van der Waals surface area contributed by atoms with Crippen LogP contribution in [0.4, 0.5) is 0 Å². The van der Waals surface area contributed by atoms with Gasteiger partial charge in [-0.25, -0.2) is 4.98 Å². The molecule has 112 valence electrons. The minimum Gasteiger partial charge on any atom is -0.441 e. The summed E-state index contributed by atoms with van der Waals surface area (Å²) in [4.78, 5) is 4.66. The summed E-state index contributed by atoms with van der Waals surface area (Å²) in [6.45, 7) is 2.82. The third kappa shape index (κ3) is 3.73. The zero-order valence-corrected chi connectivity index (χ0v) is 12.8. The Morgan fingerprint density at radius 1 is 1.10 bits per heavy atom. The first-order valence-electron chi connectivity index (χ1n) is 8.08. The number of hydrogen-bond donors (Lipinski definition) is 1. The molecule has 0 unspecified atom stereocenters. The van der Waals surface area contributed by atoms with Gasteiger partial charge in [-0.1, -0.05) is 43.9 Å². The van der Waals surface area contributed by atoms with Crippen LogP contribution in [0, 0.1) is 6.92 Å². The standard InChI is InChI=1S/C18H24N2O/c1-14-17(13-19-16-11-7-2-3-8-12-16)20-18(21-14)15-9-5-4-6-10-15/h4-6,9-10,16,19H,2-3,7-8,11-13H2,1H3. The van der Waals surface area contributed by atoms with Crippen LogP contribution in [0.15, 0.2) is 34.7 Å². The number of rotatable bonds is 4. The predicted octanol–water partition coefficient (Wildman–Crippen LogP) is 4.46. The molecule has 1 heterocycles. The Labute approximate surface area is 126 Å². The Bertz CT molecular complexity index is 554. The minimum atomic E-state index is 0.642. The van der Waals surface area contributed by atoms with Gasteiger partial charge in [0.25, 0.3) is 0 Å². The number of aryl methyl sites for hydroxylation is 1. The largest absolute Gasteiger partial charge is 0.441 e. The first kappa shape index (κ1) is 14.3. The predicted molar refractivity (Wildman–Crippen MR) is 85.0 cm³/mol. The van der Waals surface area contributed by atoms with E-state index in [4.69, 9.17) is 4.42 Å². The normalized spacial score (nSPS) is 16.8. The fourth-order valence-corrected chi connectivity index (χ4v) is 3.02. The Kier molecular flexibility index (Phi) is 4.71. The lowest BCUT2D eigenvalue weighted by Crippen LogP contribution is -2.28. The van der Waals surface area contributed by atoms with Gasteiger partial charge >= 0.3 is 0 Å². The van der Waals surface area contributed by atoms with Crippen LogP contribution in [0.5, 0.6) is 0 Å². The van der Waals surface area contributed by atoms with E-state index in [1.54, 1.807) is 0 Å². The van der Waals surface area contributed by atoms with E-state index >= 15 is 0 Å². The van der Waals surface area contributed by atoms with Crippen molar-refractivity contribution in [3.63, 3.8) is 0 Å². The molecule has 1 aromatic carbocycles. The van der Waals surface area contributed by atoms with Crippen LogP contribution in [-0.2, 0) is 6.54 Å². The summed E-state index contributed by atoms with van der Waals surface area (Å²) in [6.07, 6.45) is 8.07. The topological polar surface area (TPSA) is 38.1 Å². The van der Waals surface area contributed by atoms with Crippen LogP contribution in [0.1, 0.15) is 50.0 Å². The van der Waals surface area contributed by atoms with Crippen molar-refractivity contribution in [2.45, 2.75) is 58.0 Å². The van der Waals surface area contributed by atoms with Gasteiger partial charge < -0.3 is 9.73 Å². The van der Waals surface area contributed by atoms with Crippen LogP contribution >= 0.6 is 0 Å². The SMILES string of the molecule is Cc1oc(-c2ccccc2)nc1CNC1CCCCCC1. The molecule has 0 radical (unpaired) electrons. The monoisotopic (exact) mass is 284 g/mol. The molecule has 1 aromatic heterocycles. The maximum absolute atomic E-state index is 5.81. The van der Waals surface area contributed by atoms with E-state index in [1.807, 2.05) is 37.3 Å². The quantitative estimate of drug-likeness (QED) is 0.842. The van der Waals surface area contributed by atoms with Crippen molar-refractivity contribution in [2.75, 3.05) is 0 Å². The van der Waals surface area contributed by atoms with Crippen molar-refractivity contribution in [2.24, 2.45) is 0 Å². The van der Waals surface area contributed by atoms with Crippen molar-refractivity contribution in [3.8, 4) is 11.5 Å². The lowest BCUT2D eigenvalue weighted by atomic mass is 10.1. The van der Waals surface area contributed by atoms with Crippen LogP contribution in [-0.4, -0.2) is 11.0 Å². The van der Waals surface area contributed by atoms with E-state index in [1.165, 1.54) is 38.5 Å². The molecule has 2 aromatic rings. The second kappa shape index (κ2) is 6.90. The Morgan fingerprint density at radius 3 is 2.52 bits per heavy atom. The molecule has 0 amide bonds. The molecule has 0 aliphatic heterocycles. The molecule has 21 heavy (non-hydrogen) atoms. The fraction of sp³-hybridized carbons (Fsp3) is 0.500. The Balaban J connectivity index is 1.64. The van der Waals surface area contributed by atoms with Crippen LogP contribution < -0.4 is 5.32 Å². The van der Waals surface area contributed by atoms with Crippen molar-refractivity contribution >= 4 is 0 Å². The molecule has 3 nitrogen and oxygen atoms in total. The molecule has 1 fully saturated rings. The number of nitrogens with zero attached hydrogens (tertiary/aromatic N) is 1. The van der Waals surface area contributed by atoms with Crippen molar-refractivity contribution in [3.05, 3.63) is 41.8 Å². The van der Waals surface area contributed by atoms with Crippen molar-refractivity contribution < 1.29 is 4.42 Å². The van der Waals surface area contributed by atoms with Gasteiger partial charge in [-0.2, -0.15) is 0 Å². The average molecular weight is 284 g/mol. The molecular weight excluding hydrogens is 260 g/mol. The molecule has 1 aliphatic carbocycles.